The van der Waals surface area contributed by atoms with Crippen LogP contribution in [0.1, 0.15) is 79.1 Å². The van der Waals surface area contributed by atoms with Gasteiger partial charge in [0.25, 0.3) is 0 Å². The summed E-state index contributed by atoms with van der Waals surface area (Å²) in [5, 5.41) is 3.27. The predicted molar refractivity (Wildman–Crippen MR) is 112 cm³/mol. The van der Waals surface area contributed by atoms with Crippen LogP contribution in [0.15, 0.2) is 29.2 Å². The van der Waals surface area contributed by atoms with Crippen molar-refractivity contribution in [1.82, 2.24) is 0 Å². The van der Waals surface area contributed by atoms with E-state index >= 15 is 0 Å². The second kappa shape index (κ2) is 11.6. The number of nitrogens with one attached hydrogen (secondary N) is 1. The molecule has 1 N–H and O–H groups in total. The van der Waals surface area contributed by atoms with E-state index in [1.807, 2.05) is 32.0 Å². The zero-order valence-electron chi connectivity index (χ0n) is 16.9. The van der Waals surface area contributed by atoms with Crippen molar-refractivity contribution in [2.24, 2.45) is 11.3 Å². The average molecular weight is 364 g/mol. The van der Waals surface area contributed by atoms with Crippen molar-refractivity contribution in [2.45, 2.75) is 84.0 Å². The maximum atomic E-state index is 13.2. The van der Waals surface area contributed by atoms with E-state index in [1.165, 1.54) is 32.1 Å². The molecule has 1 aliphatic rings. The van der Waals surface area contributed by atoms with Crippen molar-refractivity contribution in [3.63, 3.8) is 0 Å². The number of anilines is 1. The van der Waals surface area contributed by atoms with Gasteiger partial charge in [-0.2, -0.15) is 0 Å². The molecule has 0 unspecified atom stereocenters. The second-order valence-electron chi connectivity index (χ2n) is 6.88. The van der Waals surface area contributed by atoms with E-state index in [-0.39, 0.29) is 11.3 Å². The van der Waals surface area contributed by atoms with Crippen molar-refractivity contribution < 1.29 is 4.79 Å². The average Bonchev–Trinajstić information content (AvgIpc) is 2.68. The number of carbonyl (C=O) groups excluding carboxylic acids is 1. The number of thioether (sulfide) groups is 1. The fourth-order valence-electron chi connectivity index (χ4n) is 3.89. The summed E-state index contributed by atoms with van der Waals surface area (Å²) in [6.45, 7) is 8.51. The highest BCUT2D eigenvalue weighted by molar-refractivity contribution is 7.98. The summed E-state index contributed by atoms with van der Waals surface area (Å²) in [5.74, 6) is 0.917. The van der Waals surface area contributed by atoms with Crippen molar-refractivity contribution >= 4 is 23.4 Å². The van der Waals surface area contributed by atoms with Crippen LogP contribution in [0.3, 0.4) is 0 Å². The second-order valence-corrected chi connectivity index (χ2v) is 7.73. The van der Waals surface area contributed by atoms with Crippen LogP contribution in [0.4, 0.5) is 5.69 Å². The van der Waals surface area contributed by atoms with Crippen LogP contribution in [-0.2, 0) is 4.79 Å². The van der Waals surface area contributed by atoms with E-state index in [0.29, 0.717) is 5.92 Å². The van der Waals surface area contributed by atoms with Gasteiger partial charge in [0, 0.05) is 10.3 Å². The molecular weight excluding hydrogens is 326 g/mol. The summed E-state index contributed by atoms with van der Waals surface area (Å²) in [6.07, 6.45) is 11.2. The Bertz CT molecular complexity index is 505. The van der Waals surface area contributed by atoms with E-state index in [2.05, 4.69) is 31.5 Å². The SMILES string of the molecule is CC.CCC(CC)CC1(C(=O)Nc2ccccc2SC)CCCCC1. The van der Waals surface area contributed by atoms with Crippen molar-refractivity contribution in [1.29, 1.82) is 0 Å². The number of amides is 1. The van der Waals surface area contributed by atoms with E-state index < -0.39 is 0 Å². The summed E-state index contributed by atoms with van der Waals surface area (Å²) in [7, 11) is 0. The summed E-state index contributed by atoms with van der Waals surface area (Å²) in [5.41, 5.74) is 0.819. The summed E-state index contributed by atoms with van der Waals surface area (Å²) < 4.78 is 0. The van der Waals surface area contributed by atoms with Crippen LogP contribution in [0.5, 0.6) is 0 Å². The minimum Gasteiger partial charge on any atom is -0.325 e. The molecule has 25 heavy (non-hydrogen) atoms. The molecule has 0 radical (unpaired) electrons. The molecule has 142 valence electrons. The van der Waals surface area contributed by atoms with Gasteiger partial charge in [0.2, 0.25) is 5.91 Å². The molecule has 0 heterocycles. The van der Waals surface area contributed by atoms with Crippen LogP contribution >= 0.6 is 11.8 Å². The molecule has 0 saturated heterocycles. The first-order valence-electron chi connectivity index (χ1n) is 10.1. The third-order valence-corrected chi connectivity index (χ3v) is 6.28. The molecule has 1 aromatic carbocycles. The van der Waals surface area contributed by atoms with Crippen LogP contribution in [-0.4, -0.2) is 12.2 Å². The van der Waals surface area contributed by atoms with E-state index in [4.69, 9.17) is 0 Å². The zero-order valence-corrected chi connectivity index (χ0v) is 17.7. The van der Waals surface area contributed by atoms with Gasteiger partial charge < -0.3 is 5.32 Å². The van der Waals surface area contributed by atoms with Gasteiger partial charge >= 0.3 is 0 Å². The smallest absolute Gasteiger partial charge is 0.230 e. The van der Waals surface area contributed by atoms with Gasteiger partial charge in [0.05, 0.1) is 5.69 Å². The number of rotatable bonds is 7. The molecule has 0 atom stereocenters. The van der Waals surface area contributed by atoms with Gasteiger partial charge in [-0.1, -0.05) is 71.9 Å². The Kier molecular flexibility index (Phi) is 10.3. The fourth-order valence-corrected chi connectivity index (χ4v) is 4.44. The molecule has 1 aromatic rings. The van der Waals surface area contributed by atoms with Crippen molar-refractivity contribution in [3.05, 3.63) is 24.3 Å². The van der Waals surface area contributed by atoms with Crippen LogP contribution in [0.2, 0.25) is 0 Å². The van der Waals surface area contributed by atoms with Gasteiger partial charge in [-0.15, -0.1) is 11.8 Å². The molecule has 3 heteroatoms. The van der Waals surface area contributed by atoms with Gasteiger partial charge in [-0.25, -0.2) is 0 Å². The van der Waals surface area contributed by atoms with Crippen LogP contribution in [0, 0.1) is 11.3 Å². The standard InChI is InChI=1S/C20H31NOS.C2H6/c1-4-16(5-2)15-20(13-9-6-10-14-20)19(22)21-17-11-7-8-12-18(17)23-3;1-2/h7-8,11-12,16H,4-6,9-10,13-15H2,1-3H3,(H,21,22);1-2H3. The monoisotopic (exact) mass is 363 g/mol. The normalized spacial score (nSPS) is 16.1. The van der Waals surface area contributed by atoms with Gasteiger partial charge in [-0.3, -0.25) is 4.79 Å². The predicted octanol–water partition coefficient (Wildman–Crippen LogP) is 7.15. The third-order valence-electron chi connectivity index (χ3n) is 5.48. The zero-order chi connectivity index (χ0) is 18.7. The van der Waals surface area contributed by atoms with E-state index in [9.17, 15) is 4.79 Å². The van der Waals surface area contributed by atoms with Gasteiger partial charge in [-0.05, 0) is 43.6 Å². The first-order valence-corrected chi connectivity index (χ1v) is 11.3. The Labute approximate surface area is 159 Å². The molecule has 1 fully saturated rings. The highest BCUT2D eigenvalue weighted by Gasteiger charge is 2.40. The number of carbonyl (C=O) groups is 1. The summed E-state index contributed by atoms with van der Waals surface area (Å²) in [4.78, 5) is 14.4. The van der Waals surface area contributed by atoms with Crippen LogP contribution < -0.4 is 5.32 Å². The Morgan fingerprint density at radius 2 is 1.72 bits per heavy atom. The minimum absolute atomic E-state index is 0.152. The number of hydrogen-bond acceptors (Lipinski definition) is 2. The molecule has 1 saturated carbocycles. The van der Waals surface area contributed by atoms with Crippen molar-refractivity contribution in [2.75, 3.05) is 11.6 Å². The highest BCUT2D eigenvalue weighted by atomic mass is 32.2. The van der Waals surface area contributed by atoms with Crippen LogP contribution in [0.25, 0.3) is 0 Å². The Morgan fingerprint density at radius 3 is 2.28 bits per heavy atom. The minimum atomic E-state index is -0.152. The number of benzene rings is 1. The third kappa shape index (κ3) is 6.06. The quantitative estimate of drug-likeness (QED) is 0.521. The number of hydrogen-bond donors (Lipinski definition) is 1. The first kappa shape index (κ1) is 22.1. The lowest BCUT2D eigenvalue weighted by atomic mass is 9.67. The highest BCUT2D eigenvalue weighted by Crippen LogP contribution is 2.44. The van der Waals surface area contributed by atoms with Crippen molar-refractivity contribution in [3.8, 4) is 0 Å². The lowest BCUT2D eigenvalue weighted by molar-refractivity contribution is -0.128. The largest absolute Gasteiger partial charge is 0.325 e. The summed E-state index contributed by atoms with van der Waals surface area (Å²) in [6, 6.07) is 8.14. The topological polar surface area (TPSA) is 29.1 Å². The fraction of sp³-hybridized carbons (Fsp3) is 0.682. The molecule has 1 amide bonds. The Hall–Kier alpha value is -0.960. The van der Waals surface area contributed by atoms with E-state index in [0.717, 1.165) is 29.8 Å². The van der Waals surface area contributed by atoms with E-state index in [1.54, 1.807) is 11.8 Å². The molecule has 0 bridgehead atoms. The molecule has 0 aromatic heterocycles. The maximum absolute atomic E-state index is 13.2. The van der Waals surface area contributed by atoms with Gasteiger partial charge in [0.1, 0.15) is 0 Å². The molecule has 1 aliphatic carbocycles. The van der Waals surface area contributed by atoms with Gasteiger partial charge in [0.15, 0.2) is 0 Å². The lowest BCUT2D eigenvalue weighted by Gasteiger charge is -2.38. The molecule has 2 nitrogen and oxygen atoms in total. The Morgan fingerprint density at radius 1 is 1.12 bits per heavy atom. The molecule has 0 aliphatic heterocycles. The molecule has 2 rings (SSSR count). The first-order chi connectivity index (χ1) is 12.1. The maximum Gasteiger partial charge on any atom is 0.230 e. The summed E-state index contributed by atoms with van der Waals surface area (Å²) >= 11 is 1.69. The lowest BCUT2D eigenvalue weighted by Crippen LogP contribution is -2.39. The number of para-hydroxylation sites is 1. The molecular formula is C22H37NOS. The Balaban J connectivity index is 0.00000151. The molecule has 0 spiro atoms.